The third-order valence-corrected chi connectivity index (χ3v) is 1.92. The summed E-state index contributed by atoms with van der Waals surface area (Å²) in [4.78, 5) is 8.45. The van der Waals surface area contributed by atoms with Crippen molar-refractivity contribution in [2.24, 2.45) is 0 Å². The third-order valence-electron chi connectivity index (χ3n) is 1.92. The largest absolute Gasteiger partial charge is 0.369 e. The fraction of sp³-hybridized carbons (Fsp3) is 0.556. The maximum absolute atomic E-state index is 4.36. The summed E-state index contributed by atoms with van der Waals surface area (Å²) in [6.07, 6.45) is 6.01. The molecule has 1 fully saturated rings. The zero-order valence-corrected chi connectivity index (χ0v) is 7.75. The second-order valence-corrected chi connectivity index (χ2v) is 3.24. The quantitative estimate of drug-likeness (QED) is 0.733. The van der Waals surface area contributed by atoms with Crippen LogP contribution in [0.5, 0.6) is 0 Å². The van der Waals surface area contributed by atoms with E-state index in [2.05, 4.69) is 20.6 Å². The van der Waals surface area contributed by atoms with Crippen LogP contribution in [-0.2, 0) is 0 Å². The highest BCUT2D eigenvalue weighted by atomic mass is 15.1. The van der Waals surface area contributed by atoms with Gasteiger partial charge in [0, 0.05) is 12.6 Å². The summed E-state index contributed by atoms with van der Waals surface area (Å²) < 4.78 is 0. The summed E-state index contributed by atoms with van der Waals surface area (Å²) in [6.45, 7) is 2.92. The van der Waals surface area contributed by atoms with Crippen molar-refractivity contribution in [3.05, 3.63) is 12.4 Å². The highest BCUT2D eigenvalue weighted by Gasteiger charge is 2.21. The molecule has 1 saturated carbocycles. The minimum Gasteiger partial charge on any atom is -0.369 e. The van der Waals surface area contributed by atoms with E-state index in [-0.39, 0.29) is 0 Å². The Morgan fingerprint density at radius 3 is 2.85 bits per heavy atom. The van der Waals surface area contributed by atoms with Crippen LogP contribution in [-0.4, -0.2) is 22.6 Å². The van der Waals surface area contributed by atoms with E-state index >= 15 is 0 Å². The van der Waals surface area contributed by atoms with Gasteiger partial charge in [-0.3, -0.25) is 4.98 Å². The highest BCUT2D eigenvalue weighted by molar-refractivity contribution is 5.42. The normalized spacial score (nSPS) is 15.5. The Hall–Kier alpha value is -1.32. The van der Waals surface area contributed by atoms with E-state index in [4.69, 9.17) is 0 Å². The summed E-state index contributed by atoms with van der Waals surface area (Å²) in [6, 6.07) is 0.631. The average molecular weight is 178 g/mol. The van der Waals surface area contributed by atoms with Gasteiger partial charge in [-0.2, -0.15) is 0 Å². The molecule has 0 unspecified atom stereocenters. The van der Waals surface area contributed by atoms with E-state index in [0.717, 1.165) is 18.2 Å². The van der Waals surface area contributed by atoms with E-state index in [1.54, 1.807) is 12.4 Å². The Morgan fingerprint density at radius 1 is 1.38 bits per heavy atom. The van der Waals surface area contributed by atoms with Crippen molar-refractivity contribution in [2.75, 3.05) is 17.2 Å². The molecule has 13 heavy (non-hydrogen) atoms. The summed E-state index contributed by atoms with van der Waals surface area (Å²) in [7, 11) is 0. The van der Waals surface area contributed by atoms with E-state index in [1.165, 1.54) is 12.8 Å². The molecule has 2 N–H and O–H groups in total. The second-order valence-electron chi connectivity index (χ2n) is 3.24. The first-order valence-electron chi connectivity index (χ1n) is 4.71. The zero-order chi connectivity index (χ0) is 9.10. The lowest BCUT2D eigenvalue weighted by atomic mass is 10.5. The lowest BCUT2D eigenvalue weighted by molar-refractivity contribution is 1.07. The van der Waals surface area contributed by atoms with Gasteiger partial charge in [-0.05, 0) is 19.8 Å². The lowest BCUT2D eigenvalue weighted by Crippen LogP contribution is -2.06. The maximum Gasteiger partial charge on any atom is 0.147 e. The standard InChI is InChI=1S/C9H14N4/c1-2-11-8-5-10-6-9(13-8)12-7-3-4-7/h5-7H,2-4H2,1H3,(H2,11,12,13). The fourth-order valence-corrected chi connectivity index (χ4v) is 1.14. The summed E-state index contributed by atoms with van der Waals surface area (Å²) >= 11 is 0. The molecule has 2 rings (SSSR count). The molecule has 0 atom stereocenters. The number of nitrogens with one attached hydrogen (secondary N) is 2. The van der Waals surface area contributed by atoms with Crippen LogP contribution in [0, 0.1) is 0 Å². The van der Waals surface area contributed by atoms with Gasteiger partial charge in [-0.25, -0.2) is 4.98 Å². The average Bonchev–Trinajstić information content (AvgIpc) is 2.90. The van der Waals surface area contributed by atoms with Crippen molar-refractivity contribution < 1.29 is 0 Å². The van der Waals surface area contributed by atoms with Crippen LogP contribution in [0.15, 0.2) is 12.4 Å². The van der Waals surface area contributed by atoms with E-state index < -0.39 is 0 Å². The van der Waals surface area contributed by atoms with Crippen LogP contribution in [0.3, 0.4) is 0 Å². The minimum atomic E-state index is 0.631. The summed E-state index contributed by atoms with van der Waals surface area (Å²) in [5.74, 6) is 1.72. The smallest absolute Gasteiger partial charge is 0.147 e. The highest BCUT2D eigenvalue weighted by Crippen LogP contribution is 2.23. The molecule has 0 aromatic carbocycles. The Morgan fingerprint density at radius 2 is 2.15 bits per heavy atom. The molecule has 0 aliphatic heterocycles. The van der Waals surface area contributed by atoms with Crippen LogP contribution < -0.4 is 10.6 Å². The molecule has 0 bridgehead atoms. The van der Waals surface area contributed by atoms with Crippen molar-refractivity contribution >= 4 is 11.6 Å². The van der Waals surface area contributed by atoms with Gasteiger partial charge in [0.15, 0.2) is 0 Å². The Labute approximate surface area is 77.8 Å². The van der Waals surface area contributed by atoms with Crippen molar-refractivity contribution in [1.82, 2.24) is 9.97 Å². The number of nitrogens with zero attached hydrogens (tertiary/aromatic N) is 2. The summed E-state index contributed by atoms with van der Waals surface area (Å²) in [5.41, 5.74) is 0. The van der Waals surface area contributed by atoms with Crippen LogP contribution in [0.4, 0.5) is 11.6 Å². The monoisotopic (exact) mass is 178 g/mol. The minimum absolute atomic E-state index is 0.631. The Balaban J connectivity index is 2.02. The number of aromatic nitrogens is 2. The lowest BCUT2D eigenvalue weighted by Gasteiger charge is -2.05. The fourth-order valence-electron chi connectivity index (χ4n) is 1.14. The number of hydrogen-bond donors (Lipinski definition) is 2. The molecule has 1 aromatic heterocycles. The first-order chi connectivity index (χ1) is 6.38. The molecule has 70 valence electrons. The molecule has 1 heterocycles. The molecular weight excluding hydrogens is 164 g/mol. The maximum atomic E-state index is 4.36. The van der Waals surface area contributed by atoms with Gasteiger partial charge in [-0.1, -0.05) is 0 Å². The van der Waals surface area contributed by atoms with Crippen LogP contribution in [0.25, 0.3) is 0 Å². The van der Waals surface area contributed by atoms with Gasteiger partial charge >= 0.3 is 0 Å². The van der Waals surface area contributed by atoms with Gasteiger partial charge in [0.25, 0.3) is 0 Å². The predicted octanol–water partition coefficient (Wildman–Crippen LogP) is 1.48. The molecule has 1 aromatic rings. The van der Waals surface area contributed by atoms with Gasteiger partial charge in [-0.15, -0.1) is 0 Å². The van der Waals surface area contributed by atoms with Crippen molar-refractivity contribution in [2.45, 2.75) is 25.8 Å². The molecule has 4 nitrogen and oxygen atoms in total. The number of anilines is 2. The molecular formula is C9H14N4. The van der Waals surface area contributed by atoms with Crippen molar-refractivity contribution in [1.29, 1.82) is 0 Å². The van der Waals surface area contributed by atoms with E-state index in [0.29, 0.717) is 6.04 Å². The first-order valence-corrected chi connectivity index (χ1v) is 4.71. The van der Waals surface area contributed by atoms with Crippen LogP contribution in [0.1, 0.15) is 19.8 Å². The molecule has 1 aliphatic carbocycles. The SMILES string of the molecule is CCNc1cncc(NC2CC2)n1. The second kappa shape index (κ2) is 3.60. The third kappa shape index (κ3) is 2.31. The molecule has 0 radical (unpaired) electrons. The molecule has 4 heteroatoms. The van der Waals surface area contributed by atoms with E-state index in [1.807, 2.05) is 6.92 Å². The summed E-state index contributed by atoms with van der Waals surface area (Å²) in [5, 5.41) is 6.43. The van der Waals surface area contributed by atoms with Gasteiger partial charge in [0.2, 0.25) is 0 Å². The number of rotatable bonds is 4. The van der Waals surface area contributed by atoms with Crippen molar-refractivity contribution in [3.8, 4) is 0 Å². The van der Waals surface area contributed by atoms with E-state index in [9.17, 15) is 0 Å². The first kappa shape index (κ1) is 8.29. The van der Waals surface area contributed by atoms with Gasteiger partial charge < -0.3 is 10.6 Å². The van der Waals surface area contributed by atoms with Crippen LogP contribution in [0.2, 0.25) is 0 Å². The molecule has 0 amide bonds. The van der Waals surface area contributed by atoms with Crippen LogP contribution >= 0.6 is 0 Å². The van der Waals surface area contributed by atoms with Gasteiger partial charge in [0.05, 0.1) is 12.4 Å². The topological polar surface area (TPSA) is 49.8 Å². The van der Waals surface area contributed by atoms with Gasteiger partial charge in [0.1, 0.15) is 11.6 Å². The zero-order valence-electron chi connectivity index (χ0n) is 7.75. The van der Waals surface area contributed by atoms with Crippen molar-refractivity contribution in [3.63, 3.8) is 0 Å². The Bertz CT molecular complexity index is 283. The Kier molecular flexibility index (Phi) is 2.29. The molecule has 0 spiro atoms. The number of hydrogen-bond acceptors (Lipinski definition) is 4. The molecule has 0 saturated heterocycles. The predicted molar refractivity (Wildman–Crippen MR) is 52.8 cm³/mol. The molecule has 1 aliphatic rings.